The van der Waals surface area contributed by atoms with Crippen LogP contribution in [0.25, 0.3) is 0 Å². The third kappa shape index (κ3) is 4.78. The van der Waals surface area contributed by atoms with Gasteiger partial charge in [0.15, 0.2) is 0 Å². The summed E-state index contributed by atoms with van der Waals surface area (Å²) >= 11 is 0. The van der Waals surface area contributed by atoms with E-state index < -0.39 is 0 Å². The lowest BCUT2D eigenvalue weighted by atomic mass is 9.96. The molecule has 1 rings (SSSR count). The number of nitrogens with zero attached hydrogens (tertiary/aromatic N) is 1. The second kappa shape index (κ2) is 8.95. The van der Waals surface area contributed by atoms with Gasteiger partial charge >= 0.3 is 0 Å². The van der Waals surface area contributed by atoms with E-state index in [1.165, 1.54) is 5.56 Å². The second-order valence-corrected chi connectivity index (χ2v) is 5.12. The van der Waals surface area contributed by atoms with Crippen molar-refractivity contribution in [2.75, 3.05) is 34.4 Å². The fraction of sp³-hybridized carbons (Fsp3) is 0.625. The molecule has 2 N–H and O–H groups in total. The normalized spacial score (nSPS) is 14.3. The zero-order chi connectivity index (χ0) is 15.0. The van der Waals surface area contributed by atoms with Crippen LogP contribution >= 0.6 is 0 Å². The SMILES string of the molecule is CCC(N)C(c1cccc(OC)c1)N(C)CCCOC. The fourth-order valence-electron chi connectivity index (χ4n) is 2.47. The van der Waals surface area contributed by atoms with Crippen LogP contribution in [0.2, 0.25) is 0 Å². The molecule has 114 valence electrons. The molecule has 1 aromatic carbocycles. The average Bonchev–Trinajstić information content (AvgIpc) is 2.47. The molecule has 0 aliphatic rings. The molecule has 4 nitrogen and oxygen atoms in total. The number of hydrogen-bond acceptors (Lipinski definition) is 4. The molecule has 0 heterocycles. The zero-order valence-electron chi connectivity index (χ0n) is 13.1. The number of hydrogen-bond donors (Lipinski definition) is 1. The number of benzene rings is 1. The van der Waals surface area contributed by atoms with Crippen LogP contribution in [0.5, 0.6) is 5.75 Å². The van der Waals surface area contributed by atoms with E-state index in [2.05, 4.69) is 31.0 Å². The van der Waals surface area contributed by atoms with E-state index in [0.717, 1.165) is 31.7 Å². The molecule has 0 bridgehead atoms. The average molecular weight is 280 g/mol. The second-order valence-electron chi connectivity index (χ2n) is 5.12. The van der Waals surface area contributed by atoms with Gasteiger partial charge in [0.2, 0.25) is 0 Å². The van der Waals surface area contributed by atoms with Crippen LogP contribution in [-0.4, -0.2) is 45.4 Å². The number of methoxy groups -OCH3 is 2. The lowest BCUT2D eigenvalue weighted by molar-refractivity contribution is 0.155. The molecule has 0 spiro atoms. The molecule has 0 saturated carbocycles. The molecule has 2 unspecified atom stereocenters. The van der Waals surface area contributed by atoms with E-state index in [1.807, 2.05) is 12.1 Å². The van der Waals surface area contributed by atoms with Crippen molar-refractivity contribution < 1.29 is 9.47 Å². The Morgan fingerprint density at radius 1 is 1.30 bits per heavy atom. The summed E-state index contributed by atoms with van der Waals surface area (Å²) in [5.74, 6) is 0.876. The summed E-state index contributed by atoms with van der Waals surface area (Å²) in [7, 11) is 5.54. The van der Waals surface area contributed by atoms with Gasteiger partial charge in [0.25, 0.3) is 0 Å². The molecule has 0 radical (unpaired) electrons. The van der Waals surface area contributed by atoms with E-state index in [1.54, 1.807) is 14.2 Å². The summed E-state index contributed by atoms with van der Waals surface area (Å²) in [4.78, 5) is 2.31. The van der Waals surface area contributed by atoms with Crippen LogP contribution in [0, 0.1) is 0 Å². The Hall–Kier alpha value is -1.10. The van der Waals surface area contributed by atoms with Gasteiger partial charge in [0.05, 0.1) is 7.11 Å². The first kappa shape index (κ1) is 17.0. The lowest BCUT2D eigenvalue weighted by Gasteiger charge is -2.33. The van der Waals surface area contributed by atoms with Gasteiger partial charge in [-0.3, -0.25) is 4.90 Å². The third-order valence-corrected chi connectivity index (χ3v) is 3.65. The maximum absolute atomic E-state index is 6.33. The first-order valence-corrected chi connectivity index (χ1v) is 7.22. The first-order valence-electron chi connectivity index (χ1n) is 7.22. The van der Waals surface area contributed by atoms with Crippen LogP contribution in [-0.2, 0) is 4.74 Å². The maximum atomic E-state index is 6.33. The Morgan fingerprint density at radius 3 is 2.65 bits per heavy atom. The highest BCUT2D eigenvalue weighted by molar-refractivity contribution is 5.31. The first-order chi connectivity index (χ1) is 9.63. The van der Waals surface area contributed by atoms with Crippen LogP contribution in [0.3, 0.4) is 0 Å². The van der Waals surface area contributed by atoms with Gasteiger partial charge < -0.3 is 15.2 Å². The van der Waals surface area contributed by atoms with E-state index in [9.17, 15) is 0 Å². The minimum atomic E-state index is 0.106. The molecule has 1 aromatic rings. The minimum Gasteiger partial charge on any atom is -0.497 e. The Kier molecular flexibility index (Phi) is 7.59. The molecule has 4 heteroatoms. The van der Waals surface area contributed by atoms with E-state index in [0.29, 0.717) is 0 Å². The maximum Gasteiger partial charge on any atom is 0.119 e. The molecule has 2 atom stereocenters. The Bertz CT molecular complexity index is 384. The van der Waals surface area contributed by atoms with E-state index in [-0.39, 0.29) is 12.1 Å². The monoisotopic (exact) mass is 280 g/mol. The summed E-state index contributed by atoms with van der Waals surface area (Å²) in [6, 6.07) is 8.49. The van der Waals surface area contributed by atoms with E-state index >= 15 is 0 Å². The van der Waals surface area contributed by atoms with Gasteiger partial charge in [-0.1, -0.05) is 19.1 Å². The summed E-state index contributed by atoms with van der Waals surface area (Å²) in [6.45, 7) is 3.86. The number of nitrogens with two attached hydrogens (primary N) is 1. The quantitative estimate of drug-likeness (QED) is 0.706. The number of likely N-dealkylation sites (N-methyl/N-ethyl adjacent to an activating group) is 1. The zero-order valence-corrected chi connectivity index (χ0v) is 13.1. The van der Waals surface area contributed by atoms with Crippen LogP contribution < -0.4 is 10.5 Å². The van der Waals surface area contributed by atoms with Crippen LogP contribution in [0.15, 0.2) is 24.3 Å². The van der Waals surface area contributed by atoms with Gasteiger partial charge in [0.1, 0.15) is 5.75 Å². The van der Waals surface area contributed by atoms with Crippen molar-refractivity contribution in [3.8, 4) is 5.75 Å². The van der Waals surface area contributed by atoms with Gasteiger partial charge in [-0.2, -0.15) is 0 Å². The van der Waals surface area contributed by atoms with Crippen molar-refractivity contribution in [3.05, 3.63) is 29.8 Å². The summed E-state index contributed by atoms with van der Waals surface area (Å²) in [6.07, 6.45) is 1.94. The minimum absolute atomic E-state index is 0.106. The third-order valence-electron chi connectivity index (χ3n) is 3.65. The smallest absolute Gasteiger partial charge is 0.119 e. The molecule has 0 aromatic heterocycles. The molecular weight excluding hydrogens is 252 g/mol. The van der Waals surface area contributed by atoms with Gasteiger partial charge in [-0.15, -0.1) is 0 Å². The summed E-state index contributed by atoms with van der Waals surface area (Å²) < 4.78 is 10.4. The fourth-order valence-corrected chi connectivity index (χ4v) is 2.47. The molecular formula is C16H28N2O2. The van der Waals surface area contributed by atoms with Crippen molar-refractivity contribution in [3.63, 3.8) is 0 Å². The van der Waals surface area contributed by atoms with Gasteiger partial charge in [-0.25, -0.2) is 0 Å². The van der Waals surface area contributed by atoms with Crippen molar-refractivity contribution in [1.29, 1.82) is 0 Å². The highest BCUT2D eigenvalue weighted by Gasteiger charge is 2.23. The van der Waals surface area contributed by atoms with Crippen LogP contribution in [0.4, 0.5) is 0 Å². The van der Waals surface area contributed by atoms with Crippen molar-refractivity contribution in [2.24, 2.45) is 5.73 Å². The Labute approximate surface area is 122 Å². The van der Waals surface area contributed by atoms with E-state index in [4.69, 9.17) is 15.2 Å². The van der Waals surface area contributed by atoms with Crippen molar-refractivity contribution in [2.45, 2.75) is 31.8 Å². The highest BCUT2D eigenvalue weighted by Crippen LogP contribution is 2.27. The van der Waals surface area contributed by atoms with Gasteiger partial charge in [-0.05, 0) is 37.6 Å². The predicted octanol–water partition coefficient (Wildman–Crippen LogP) is 2.44. The summed E-state index contributed by atoms with van der Waals surface area (Å²) in [5, 5.41) is 0. The predicted molar refractivity (Wildman–Crippen MR) is 83.1 cm³/mol. The topological polar surface area (TPSA) is 47.7 Å². The summed E-state index contributed by atoms with van der Waals surface area (Å²) in [5.41, 5.74) is 7.54. The van der Waals surface area contributed by atoms with Gasteiger partial charge in [0, 0.05) is 32.3 Å². The van der Waals surface area contributed by atoms with Crippen LogP contribution in [0.1, 0.15) is 31.4 Å². The largest absolute Gasteiger partial charge is 0.497 e. The Morgan fingerprint density at radius 2 is 2.05 bits per heavy atom. The standard InChI is InChI=1S/C16H28N2O2/c1-5-15(17)16(18(2)10-7-11-19-3)13-8-6-9-14(12-13)20-4/h6,8-9,12,15-16H,5,7,10-11,17H2,1-4H3. The number of rotatable bonds is 9. The molecule has 0 saturated heterocycles. The molecule has 0 fully saturated rings. The molecule has 0 amide bonds. The Balaban J connectivity index is 2.87. The molecule has 20 heavy (non-hydrogen) atoms. The lowest BCUT2D eigenvalue weighted by Crippen LogP contribution is -2.39. The highest BCUT2D eigenvalue weighted by atomic mass is 16.5. The molecule has 0 aliphatic carbocycles. The van der Waals surface area contributed by atoms with Crippen molar-refractivity contribution in [1.82, 2.24) is 4.90 Å². The number of ether oxygens (including phenoxy) is 2. The van der Waals surface area contributed by atoms with Crippen molar-refractivity contribution >= 4 is 0 Å². The molecule has 0 aliphatic heterocycles.